The molecule has 1 amide bonds. The van der Waals surface area contributed by atoms with Crippen molar-refractivity contribution < 1.29 is 14.3 Å². The molecule has 2 fully saturated rings. The van der Waals surface area contributed by atoms with Gasteiger partial charge in [0.15, 0.2) is 0 Å². The van der Waals surface area contributed by atoms with Gasteiger partial charge in [-0.3, -0.25) is 0 Å². The fraction of sp³-hybridized carbons (Fsp3) is 0.625. The lowest BCUT2D eigenvalue weighted by Crippen LogP contribution is -2.36. The number of carbonyl (C=O) groups excluding carboxylic acids is 1. The fourth-order valence-electron chi connectivity index (χ4n) is 4.23. The zero-order valence-corrected chi connectivity index (χ0v) is 19.2. The standard InChI is InChI=1S/C24H38N4O3/c1-17-14-19(12-13-22(17)31-20-10-5-4-6-11-20)23(25)21(28(3)26)16-30-24(29)27(2)15-18-8-7-9-18/h12-14,18,20H,4-11,15-16,25-26H2,1-3H3/b23-21-. The van der Waals surface area contributed by atoms with E-state index in [2.05, 4.69) is 0 Å². The molecule has 0 saturated heterocycles. The number of likely N-dealkylation sites (N-methyl/N-ethyl adjacent to an activating group) is 1. The van der Waals surface area contributed by atoms with E-state index in [0.29, 0.717) is 23.4 Å². The molecule has 0 unspecified atom stereocenters. The van der Waals surface area contributed by atoms with E-state index < -0.39 is 0 Å². The number of benzene rings is 1. The van der Waals surface area contributed by atoms with Gasteiger partial charge in [0.2, 0.25) is 0 Å². The van der Waals surface area contributed by atoms with Gasteiger partial charge >= 0.3 is 6.09 Å². The minimum absolute atomic E-state index is 0.0199. The summed E-state index contributed by atoms with van der Waals surface area (Å²) in [5, 5.41) is 1.41. The Hall–Kier alpha value is -2.41. The zero-order valence-electron chi connectivity index (χ0n) is 19.2. The minimum atomic E-state index is -0.355. The molecule has 7 nitrogen and oxygen atoms in total. The van der Waals surface area contributed by atoms with Crippen LogP contribution < -0.4 is 16.3 Å². The third-order valence-corrected chi connectivity index (χ3v) is 6.47. The quantitative estimate of drug-likeness (QED) is 0.478. The average molecular weight is 431 g/mol. The molecule has 172 valence electrons. The highest BCUT2D eigenvalue weighted by atomic mass is 16.6. The van der Waals surface area contributed by atoms with E-state index in [1.54, 1.807) is 19.0 Å². The number of hydrazine groups is 1. The zero-order chi connectivity index (χ0) is 22.4. The summed E-state index contributed by atoms with van der Waals surface area (Å²) < 4.78 is 11.7. The van der Waals surface area contributed by atoms with Crippen LogP contribution in [0.4, 0.5) is 4.79 Å². The summed E-state index contributed by atoms with van der Waals surface area (Å²) in [6.45, 7) is 2.77. The van der Waals surface area contributed by atoms with Crippen LogP contribution in [0.2, 0.25) is 0 Å². The predicted octanol–water partition coefficient (Wildman–Crippen LogP) is 4.01. The second kappa shape index (κ2) is 10.8. The number of nitrogens with zero attached hydrogens (tertiary/aromatic N) is 2. The number of hydrogen-bond donors (Lipinski definition) is 2. The van der Waals surface area contributed by atoms with Crippen molar-refractivity contribution in [3.05, 3.63) is 35.0 Å². The molecule has 7 heteroatoms. The molecule has 1 aromatic carbocycles. The number of carbonyl (C=O) groups is 1. The van der Waals surface area contributed by atoms with Gasteiger partial charge in [0, 0.05) is 20.6 Å². The molecule has 4 N–H and O–H groups in total. The monoisotopic (exact) mass is 430 g/mol. The van der Waals surface area contributed by atoms with Crippen molar-refractivity contribution in [1.29, 1.82) is 0 Å². The Kier molecular flexibility index (Phi) is 8.07. The van der Waals surface area contributed by atoms with E-state index in [0.717, 1.165) is 36.3 Å². The molecule has 0 bridgehead atoms. The maximum Gasteiger partial charge on any atom is 0.409 e. The highest BCUT2D eigenvalue weighted by Gasteiger charge is 2.23. The number of ether oxygens (including phenoxy) is 2. The summed E-state index contributed by atoms with van der Waals surface area (Å²) in [6, 6.07) is 5.91. The molecular formula is C24H38N4O3. The molecule has 1 aromatic rings. The molecule has 2 aliphatic carbocycles. The summed E-state index contributed by atoms with van der Waals surface area (Å²) in [7, 11) is 3.47. The highest BCUT2D eigenvalue weighted by molar-refractivity contribution is 5.70. The van der Waals surface area contributed by atoms with Crippen molar-refractivity contribution in [2.24, 2.45) is 17.5 Å². The molecule has 0 aliphatic heterocycles. The van der Waals surface area contributed by atoms with Gasteiger partial charge in [-0.15, -0.1) is 0 Å². The number of aryl methyl sites for hydroxylation is 1. The maximum atomic E-state index is 12.4. The van der Waals surface area contributed by atoms with E-state index in [1.807, 2.05) is 25.1 Å². The summed E-state index contributed by atoms with van der Waals surface area (Å²) in [5.74, 6) is 7.49. The van der Waals surface area contributed by atoms with Gasteiger partial charge in [-0.2, -0.15) is 0 Å². The first kappa shape index (κ1) is 23.3. The van der Waals surface area contributed by atoms with Crippen molar-refractivity contribution >= 4 is 11.8 Å². The Balaban J connectivity index is 1.65. The Morgan fingerprint density at radius 2 is 1.81 bits per heavy atom. The summed E-state index contributed by atoms with van der Waals surface area (Å²) in [5.41, 5.74) is 9.35. The topological polar surface area (TPSA) is 94.1 Å². The van der Waals surface area contributed by atoms with Crippen molar-refractivity contribution in [2.75, 3.05) is 27.2 Å². The summed E-state index contributed by atoms with van der Waals surface area (Å²) in [6.07, 6.45) is 9.56. The van der Waals surface area contributed by atoms with E-state index in [9.17, 15) is 4.79 Å². The van der Waals surface area contributed by atoms with Gasteiger partial charge in [0.05, 0.1) is 17.5 Å². The Morgan fingerprint density at radius 1 is 1.10 bits per heavy atom. The first-order valence-electron chi connectivity index (χ1n) is 11.5. The Labute approximate surface area is 186 Å². The molecule has 0 spiro atoms. The van der Waals surface area contributed by atoms with E-state index in [4.69, 9.17) is 21.1 Å². The average Bonchev–Trinajstić information content (AvgIpc) is 2.72. The lowest BCUT2D eigenvalue weighted by atomic mass is 9.85. The first-order valence-corrected chi connectivity index (χ1v) is 11.5. The van der Waals surface area contributed by atoms with Crippen LogP contribution in [0.3, 0.4) is 0 Å². The molecule has 2 aliphatic rings. The number of rotatable bonds is 8. The highest BCUT2D eigenvalue weighted by Crippen LogP contribution is 2.29. The SMILES string of the molecule is Cc1cc(/C(N)=C(\COC(=O)N(C)CC2CCC2)N(C)N)ccc1OC1CCCCC1. The minimum Gasteiger partial charge on any atom is -0.490 e. The van der Waals surface area contributed by atoms with Crippen LogP contribution >= 0.6 is 0 Å². The number of amides is 1. The van der Waals surface area contributed by atoms with Gasteiger partial charge in [0.1, 0.15) is 12.4 Å². The van der Waals surface area contributed by atoms with E-state index >= 15 is 0 Å². The Bertz CT molecular complexity index is 783. The molecule has 2 saturated carbocycles. The third-order valence-electron chi connectivity index (χ3n) is 6.47. The molecule has 0 atom stereocenters. The summed E-state index contributed by atoms with van der Waals surface area (Å²) >= 11 is 0. The van der Waals surface area contributed by atoms with Crippen LogP contribution in [0.1, 0.15) is 62.5 Å². The molecular weight excluding hydrogens is 392 g/mol. The van der Waals surface area contributed by atoms with Gasteiger partial charge in [-0.1, -0.05) is 12.8 Å². The van der Waals surface area contributed by atoms with E-state index in [-0.39, 0.29) is 12.7 Å². The predicted molar refractivity (Wildman–Crippen MR) is 123 cm³/mol. The van der Waals surface area contributed by atoms with Gasteiger partial charge in [-0.25, -0.2) is 10.6 Å². The number of nitrogens with two attached hydrogens (primary N) is 2. The lowest BCUT2D eigenvalue weighted by molar-refractivity contribution is 0.101. The normalized spacial score (nSPS) is 18.1. The van der Waals surface area contributed by atoms with E-state index in [1.165, 1.54) is 43.5 Å². The third kappa shape index (κ3) is 6.29. The van der Waals surface area contributed by atoms with Gasteiger partial charge < -0.3 is 25.1 Å². The van der Waals surface area contributed by atoms with Crippen molar-refractivity contribution in [3.63, 3.8) is 0 Å². The second-order valence-corrected chi connectivity index (χ2v) is 9.06. The van der Waals surface area contributed by atoms with Crippen LogP contribution in [0.15, 0.2) is 23.9 Å². The van der Waals surface area contributed by atoms with Crippen LogP contribution in [-0.2, 0) is 4.74 Å². The fourth-order valence-corrected chi connectivity index (χ4v) is 4.23. The summed E-state index contributed by atoms with van der Waals surface area (Å²) in [4.78, 5) is 14.0. The molecule has 0 heterocycles. The van der Waals surface area contributed by atoms with Crippen LogP contribution in [-0.4, -0.2) is 49.4 Å². The Morgan fingerprint density at radius 3 is 2.39 bits per heavy atom. The molecule has 3 rings (SSSR count). The van der Waals surface area contributed by atoms with Crippen molar-refractivity contribution in [2.45, 2.75) is 64.4 Å². The molecule has 0 radical (unpaired) electrons. The molecule has 31 heavy (non-hydrogen) atoms. The van der Waals surface area contributed by atoms with Crippen LogP contribution in [0, 0.1) is 12.8 Å². The van der Waals surface area contributed by atoms with Gasteiger partial charge in [-0.05, 0) is 80.7 Å². The lowest BCUT2D eigenvalue weighted by Gasteiger charge is -2.30. The maximum absolute atomic E-state index is 12.4. The molecule has 0 aromatic heterocycles. The van der Waals surface area contributed by atoms with Crippen molar-refractivity contribution in [1.82, 2.24) is 9.91 Å². The van der Waals surface area contributed by atoms with Crippen LogP contribution in [0.25, 0.3) is 5.70 Å². The smallest absolute Gasteiger partial charge is 0.409 e. The number of hydrogen-bond acceptors (Lipinski definition) is 6. The second-order valence-electron chi connectivity index (χ2n) is 9.06. The van der Waals surface area contributed by atoms with Crippen LogP contribution in [0.5, 0.6) is 5.75 Å². The largest absolute Gasteiger partial charge is 0.490 e. The first-order chi connectivity index (χ1) is 14.8. The van der Waals surface area contributed by atoms with Gasteiger partial charge in [0.25, 0.3) is 0 Å². The van der Waals surface area contributed by atoms with Crippen molar-refractivity contribution in [3.8, 4) is 5.75 Å².